The summed E-state index contributed by atoms with van der Waals surface area (Å²) in [5.74, 6) is -1.32. The molecule has 0 saturated heterocycles. The number of carbonyl (C=O) groups excluding carboxylic acids is 3. The van der Waals surface area contributed by atoms with E-state index in [4.69, 9.17) is 32.7 Å². The van der Waals surface area contributed by atoms with Crippen LogP contribution in [0.1, 0.15) is 33.7 Å². The smallest absolute Gasteiger partial charge is 0.413 e. The number of imide groups is 1. The van der Waals surface area contributed by atoms with Gasteiger partial charge in [0, 0.05) is 6.07 Å². The maximum atomic E-state index is 12.3. The maximum absolute atomic E-state index is 12.3. The summed E-state index contributed by atoms with van der Waals surface area (Å²) in [5, 5.41) is 11.5. The quantitative estimate of drug-likeness (QED) is 0.293. The third kappa shape index (κ3) is 7.60. The molecule has 14 heteroatoms. The van der Waals surface area contributed by atoms with Gasteiger partial charge in [0.1, 0.15) is 11.8 Å². The molecule has 2 rings (SSSR count). The highest BCUT2D eigenvalue weighted by Crippen LogP contribution is 2.38. The number of benzene rings is 1. The number of nitrogens with zero attached hydrogens (tertiary/aromatic N) is 2. The van der Waals surface area contributed by atoms with Gasteiger partial charge in [0.15, 0.2) is 11.3 Å². The first kappa shape index (κ1) is 29.4. The number of aromatic nitrogens is 1. The Kier molecular flexibility index (Phi) is 10.3. The fourth-order valence-electron chi connectivity index (χ4n) is 2.79. The summed E-state index contributed by atoms with van der Waals surface area (Å²) in [6.45, 7) is 6.18. The molecule has 1 aromatic carbocycles. The number of hydrogen-bond acceptors (Lipinski definition) is 10. The van der Waals surface area contributed by atoms with Crippen LogP contribution in [0.2, 0.25) is 10.0 Å². The summed E-state index contributed by atoms with van der Waals surface area (Å²) >= 11 is 12.7. The molecule has 12 nitrogen and oxygen atoms in total. The summed E-state index contributed by atoms with van der Waals surface area (Å²) in [4.78, 5) is 48.1. The van der Waals surface area contributed by atoms with E-state index in [0.29, 0.717) is 0 Å². The van der Waals surface area contributed by atoms with Gasteiger partial charge in [-0.2, -0.15) is 5.26 Å². The molecule has 1 aromatic heterocycles. The summed E-state index contributed by atoms with van der Waals surface area (Å²) in [5.41, 5.74) is 3.10. The highest BCUT2D eigenvalue weighted by molar-refractivity contribution is 6.37. The Morgan fingerprint density at radius 2 is 1.76 bits per heavy atom. The highest BCUT2D eigenvalue weighted by atomic mass is 35.5. The minimum atomic E-state index is -1.87. The van der Waals surface area contributed by atoms with Gasteiger partial charge in [0.2, 0.25) is 0 Å². The van der Waals surface area contributed by atoms with Gasteiger partial charge >= 0.3 is 12.1 Å². The lowest BCUT2D eigenvalue weighted by Gasteiger charge is -2.23. The van der Waals surface area contributed by atoms with Crippen LogP contribution in [0.25, 0.3) is 0 Å². The summed E-state index contributed by atoms with van der Waals surface area (Å²) in [6.07, 6.45) is 0.330. The fourth-order valence-corrected chi connectivity index (χ4v) is 3.35. The van der Waals surface area contributed by atoms with Gasteiger partial charge in [-0.25, -0.2) is 15.0 Å². The number of rotatable bonds is 10. The average Bonchev–Trinajstić information content (AvgIpc) is 2.85. The van der Waals surface area contributed by atoms with Crippen molar-refractivity contribution >= 4 is 46.9 Å². The van der Waals surface area contributed by atoms with E-state index in [1.807, 2.05) is 5.32 Å². The lowest BCUT2D eigenvalue weighted by atomic mass is 10.1. The van der Waals surface area contributed by atoms with E-state index in [1.165, 1.54) is 44.3 Å². The zero-order valence-corrected chi connectivity index (χ0v) is 21.9. The topological polar surface area (TPSA) is 161 Å². The van der Waals surface area contributed by atoms with Crippen molar-refractivity contribution in [3.8, 4) is 17.6 Å². The number of nitriles is 1. The molecule has 1 heterocycles. The van der Waals surface area contributed by atoms with Gasteiger partial charge in [-0.1, -0.05) is 23.2 Å². The van der Waals surface area contributed by atoms with Crippen molar-refractivity contribution < 1.29 is 28.6 Å². The van der Waals surface area contributed by atoms with Crippen molar-refractivity contribution in [2.24, 2.45) is 0 Å². The predicted molar refractivity (Wildman–Crippen MR) is 135 cm³/mol. The van der Waals surface area contributed by atoms with Crippen LogP contribution < -0.4 is 26.5 Å². The number of hydrogen-bond donors (Lipinski definition) is 3. The molecule has 0 fully saturated rings. The Labute approximate surface area is 222 Å². The Morgan fingerprint density at radius 3 is 2.32 bits per heavy atom. The molecule has 2 aromatic rings. The SMILES string of the molecule is CCOC(=O)NC(=O)C(C)(C#N)NNc1cc(Cl)c(Oc2ccc(=O)n(C(C)C(=O)OCC)c2)c(Cl)c1. The summed E-state index contributed by atoms with van der Waals surface area (Å²) in [7, 11) is 0. The number of hydrazine groups is 1. The molecule has 3 N–H and O–H groups in total. The maximum Gasteiger partial charge on any atom is 0.413 e. The molecule has 0 aliphatic carbocycles. The van der Waals surface area contributed by atoms with E-state index < -0.39 is 35.1 Å². The number of alkyl carbamates (subject to hydrolysis) is 1. The Morgan fingerprint density at radius 1 is 1.14 bits per heavy atom. The van der Waals surface area contributed by atoms with Crippen LogP contribution in [-0.4, -0.2) is 41.3 Å². The molecule has 0 saturated carbocycles. The first-order chi connectivity index (χ1) is 17.4. The monoisotopic (exact) mass is 553 g/mol. The van der Waals surface area contributed by atoms with Crippen LogP contribution in [0, 0.1) is 11.3 Å². The summed E-state index contributed by atoms with van der Waals surface area (Å²) < 4.78 is 16.5. The van der Waals surface area contributed by atoms with Gasteiger partial charge < -0.3 is 19.6 Å². The van der Waals surface area contributed by atoms with E-state index in [1.54, 1.807) is 19.9 Å². The minimum absolute atomic E-state index is 0.0441. The second-order valence-electron chi connectivity index (χ2n) is 7.57. The Hall–Kier alpha value is -3.79. The number of amides is 2. The molecule has 198 valence electrons. The standard InChI is InChI=1S/C23H25Cl2N5O7/c1-5-35-20(32)13(3)30-11-15(7-8-18(30)31)37-19-16(24)9-14(10-17(19)25)28-29-23(4,12-26)21(33)27-22(34)36-6-2/h7-11,13,28-29H,5-6H2,1-4H3,(H,27,33,34). The number of nitrogens with one attached hydrogen (secondary N) is 3. The van der Waals surface area contributed by atoms with Gasteiger partial charge in [-0.3, -0.25) is 19.5 Å². The third-order valence-corrected chi connectivity index (χ3v) is 5.36. The largest absolute Gasteiger partial charge is 0.464 e. The van der Waals surface area contributed by atoms with Crippen LogP contribution in [0.4, 0.5) is 10.5 Å². The average molecular weight is 554 g/mol. The number of carbonyl (C=O) groups is 3. The van der Waals surface area contributed by atoms with Gasteiger partial charge in [0.05, 0.1) is 41.2 Å². The first-order valence-electron chi connectivity index (χ1n) is 10.9. The number of ether oxygens (including phenoxy) is 3. The van der Waals surface area contributed by atoms with Crippen LogP contribution in [0.5, 0.6) is 11.5 Å². The molecule has 0 aliphatic rings. The number of halogens is 2. The normalized spacial score (nSPS) is 12.9. The molecule has 2 unspecified atom stereocenters. The molecule has 0 bridgehead atoms. The van der Waals surface area contributed by atoms with Crippen molar-refractivity contribution in [2.45, 2.75) is 39.3 Å². The van der Waals surface area contributed by atoms with E-state index >= 15 is 0 Å². The minimum Gasteiger partial charge on any atom is -0.464 e. The van der Waals surface area contributed by atoms with Crippen LogP contribution >= 0.6 is 23.2 Å². The van der Waals surface area contributed by atoms with Gasteiger partial charge in [0.25, 0.3) is 11.5 Å². The first-order valence-corrected chi connectivity index (χ1v) is 11.7. The fraction of sp³-hybridized carbons (Fsp3) is 0.348. The van der Waals surface area contributed by atoms with E-state index in [2.05, 4.69) is 15.6 Å². The van der Waals surface area contributed by atoms with E-state index in [0.717, 1.165) is 4.57 Å². The van der Waals surface area contributed by atoms with Crippen LogP contribution in [0.15, 0.2) is 35.3 Å². The van der Waals surface area contributed by atoms with E-state index in [9.17, 15) is 24.4 Å². The Balaban J connectivity index is 2.20. The molecule has 37 heavy (non-hydrogen) atoms. The number of pyridine rings is 1. The van der Waals surface area contributed by atoms with Crippen molar-refractivity contribution in [3.63, 3.8) is 0 Å². The molecule has 0 aliphatic heterocycles. The van der Waals surface area contributed by atoms with E-state index in [-0.39, 0.29) is 40.4 Å². The highest BCUT2D eigenvalue weighted by Gasteiger charge is 2.35. The number of esters is 1. The van der Waals surface area contributed by atoms with Gasteiger partial charge in [-0.15, -0.1) is 0 Å². The molecule has 2 atom stereocenters. The zero-order chi connectivity index (χ0) is 27.8. The Bertz CT molecular complexity index is 1250. The third-order valence-electron chi connectivity index (χ3n) is 4.80. The van der Waals surface area contributed by atoms with Crippen LogP contribution in [0.3, 0.4) is 0 Å². The molecule has 2 amide bonds. The number of anilines is 1. The van der Waals surface area contributed by atoms with Crippen molar-refractivity contribution in [1.82, 2.24) is 15.3 Å². The molecular weight excluding hydrogens is 529 g/mol. The predicted octanol–water partition coefficient (Wildman–Crippen LogP) is 3.54. The second kappa shape index (κ2) is 13.0. The zero-order valence-electron chi connectivity index (χ0n) is 20.4. The van der Waals surface area contributed by atoms with Crippen molar-refractivity contribution in [2.75, 3.05) is 18.6 Å². The molecule has 0 spiro atoms. The lowest BCUT2D eigenvalue weighted by molar-refractivity contribution is -0.146. The van der Waals surface area contributed by atoms with Crippen molar-refractivity contribution in [1.29, 1.82) is 5.26 Å². The van der Waals surface area contributed by atoms with Gasteiger partial charge in [-0.05, 0) is 45.9 Å². The lowest BCUT2D eigenvalue weighted by Crippen LogP contribution is -2.57. The van der Waals surface area contributed by atoms with Crippen molar-refractivity contribution in [3.05, 3.63) is 50.9 Å². The second-order valence-corrected chi connectivity index (χ2v) is 8.39. The molecular formula is C23H25Cl2N5O7. The molecule has 0 radical (unpaired) electrons. The van der Waals surface area contributed by atoms with Crippen LogP contribution in [-0.2, 0) is 19.1 Å². The summed E-state index contributed by atoms with van der Waals surface area (Å²) in [6, 6.07) is 6.26.